The van der Waals surface area contributed by atoms with E-state index in [2.05, 4.69) is 5.32 Å². The molecular formula is C12H15FN2O. The zero-order valence-corrected chi connectivity index (χ0v) is 9.24. The fraction of sp³-hybridized carbons (Fsp3) is 0.417. The summed E-state index contributed by atoms with van der Waals surface area (Å²) in [6.07, 6.45) is 0. The molecule has 86 valence electrons. The van der Waals surface area contributed by atoms with Gasteiger partial charge in [-0.05, 0) is 17.7 Å². The molecule has 3 nitrogen and oxygen atoms in total. The van der Waals surface area contributed by atoms with Gasteiger partial charge in [0, 0.05) is 26.6 Å². The van der Waals surface area contributed by atoms with Crippen molar-refractivity contribution in [2.24, 2.45) is 0 Å². The Bertz CT molecular complexity index is 377. The van der Waals surface area contributed by atoms with Crippen molar-refractivity contribution in [3.63, 3.8) is 0 Å². The molecule has 2 rings (SSSR count). The summed E-state index contributed by atoms with van der Waals surface area (Å²) in [4.78, 5) is 13.3. The van der Waals surface area contributed by atoms with Gasteiger partial charge in [0.1, 0.15) is 5.82 Å². The molecule has 0 aromatic heterocycles. The minimum absolute atomic E-state index is 0.0202. The fourth-order valence-corrected chi connectivity index (χ4v) is 2.06. The average molecular weight is 222 g/mol. The van der Waals surface area contributed by atoms with Crippen LogP contribution in [-0.4, -0.2) is 30.4 Å². The summed E-state index contributed by atoms with van der Waals surface area (Å²) in [6.45, 7) is 3.82. The molecule has 1 aliphatic rings. The average Bonchev–Trinajstić information content (AvgIpc) is 2.30. The number of amides is 1. The van der Waals surface area contributed by atoms with Crippen LogP contribution in [0, 0.1) is 5.82 Å². The number of rotatable bonds is 1. The second kappa shape index (κ2) is 4.61. The molecule has 4 heteroatoms. The first kappa shape index (κ1) is 11.1. The molecule has 1 atom stereocenters. The number of hydrogen-bond acceptors (Lipinski definition) is 2. The van der Waals surface area contributed by atoms with E-state index in [4.69, 9.17) is 0 Å². The first-order valence-electron chi connectivity index (χ1n) is 5.42. The Kier molecular flexibility index (Phi) is 3.19. The standard InChI is InChI=1S/C12H15FN2O/c1-9(16)15-7-6-14-8-12(15)10-2-4-11(13)5-3-10/h2-5,12,14H,6-8H2,1H3. The number of carbonyl (C=O) groups is 1. The van der Waals surface area contributed by atoms with Gasteiger partial charge in [-0.3, -0.25) is 4.79 Å². The highest BCUT2D eigenvalue weighted by atomic mass is 19.1. The largest absolute Gasteiger partial charge is 0.333 e. The Morgan fingerprint density at radius 3 is 2.75 bits per heavy atom. The Morgan fingerprint density at radius 1 is 1.44 bits per heavy atom. The van der Waals surface area contributed by atoms with Gasteiger partial charge in [0.05, 0.1) is 6.04 Å². The van der Waals surface area contributed by atoms with Gasteiger partial charge in [0.2, 0.25) is 5.91 Å². The summed E-state index contributed by atoms with van der Waals surface area (Å²) in [5.74, 6) is -0.183. The molecule has 16 heavy (non-hydrogen) atoms. The molecular weight excluding hydrogens is 207 g/mol. The Labute approximate surface area is 94.3 Å². The number of carbonyl (C=O) groups excluding carboxylic acids is 1. The summed E-state index contributed by atoms with van der Waals surface area (Å²) < 4.78 is 12.8. The van der Waals surface area contributed by atoms with Gasteiger partial charge < -0.3 is 10.2 Å². The molecule has 0 saturated carbocycles. The minimum Gasteiger partial charge on any atom is -0.333 e. The third-order valence-corrected chi connectivity index (χ3v) is 2.90. The molecule has 0 spiro atoms. The molecule has 1 saturated heterocycles. The lowest BCUT2D eigenvalue weighted by Crippen LogP contribution is -2.47. The Morgan fingerprint density at radius 2 is 2.12 bits per heavy atom. The highest BCUT2D eigenvalue weighted by Gasteiger charge is 2.25. The van der Waals surface area contributed by atoms with E-state index in [1.54, 1.807) is 19.1 Å². The predicted octanol–water partition coefficient (Wildman–Crippen LogP) is 1.32. The molecule has 0 radical (unpaired) electrons. The lowest BCUT2D eigenvalue weighted by molar-refractivity contribution is -0.132. The van der Waals surface area contributed by atoms with E-state index in [0.29, 0.717) is 6.54 Å². The van der Waals surface area contributed by atoms with Gasteiger partial charge in [-0.25, -0.2) is 4.39 Å². The van der Waals surface area contributed by atoms with Crippen LogP contribution in [0.3, 0.4) is 0 Å². The second-order valence-electron chi connectivity index (χ2n) is 3.98. The number of nitrogens with zero attached hydrogens (tertiary/aromatic N) is 1. The molecule has 1 aliphatic heterocycles. The van der Waals surface area contributed by atoms with Crippen LogP contribution in [0.5, 0.6) is 0 Å². The zero-order valence-electron chi connectivity index (χ0n) is 9.24. The SMILES string of the molecule is CC(=O)N1CCNCC1c1ccc(F)cc1. The summed E-state index contributed by atoms with van der Waals surface area (Å²) in [7, 11) is 0. The molecule has 1 aromatic carbocycles. The van der Waals surface area contributed by atoms with Crippen LogP contribution in [0.15, 0.2) is 24.3 Å². The fourth-order valence-electron chi connectivity index (χ4n) is 2.06. The topological polar surface area (TPSA) is 32.3 Å². The van der Waals surface area contributed by atoms with Crippen LogP contribution in [-0.2, 0) is 4.79 Å². The van der Waals surface area contributed by atoms with E-state index in [1.165, 1.54) is 12.1 Å². The van der Waals surface area contributed by atoms with Crippen LogP contribution in [0.25, 0.3) is 0 Å². The first-order valence-corrected chi connectivity index (χ1v) is 5.42. The molecule has 1 N–H and O–H groups in total. The normalized spacial score (nSPS) is 20.9. The summed E-state index contributed by atoms with van der Waals surface area (Å²) in [6, 6.07) is 6.36. The zero-order chi connectivity index (χ0) is 11.5. The number of hydrogen-bond donors (Lipinski definition) is 1. The van der Waals surface area contributed by atoms with Gasteiger partial charge in [0.15, 0.2) is 0 Å². The predicted molar refractivity (Wildman–Crippen MR) is 59.4 cm³/mol. The van der Waals surface area contributed by atoms with Crippen LogP contribution in [0.4, 0.5) is 4.39 Å². The number of benzene rings is 1. The van der Waals surface area contributed by atoms with Crippen molar-refractivity contribution < 1.29 is 9.18 Å². The molecule has 1 aromatic rings. The van der Waals surface area contributed by atoms with Gasteiger partial charge in [-0.1, -0.05) is 12.1 Å². The Hall–Kier alpha value is -1.42. The summed E-state index contributed by atoms with van der Waals surface area (Å²) in [5, 5.41) is 3.25. The Balaban J connectivity index is 2.23. The van der Waals surface area contributed by atoms with Crippen molar-refractivity contribution in [1.29, 1.82) is 0 Å². The van der Waals surface area contributed by atoms with Gasteiger partial charge in [0.25, 0.3) is 0 Å². The minimum atomic E-state index is -0.248. The van der Waals surface area contributed by atoms with E-state index < -0.39 is 0 Å². The van der Waals surface area contributed by atoms with E-state index in [9.17, 15) is 9.18 Å². The van der Waals surface area contributed by atoms with E-state index in [0.717, 1.165) is 18.7 Å². The second-order valence-corrected chi connectivity index (χ2v) is 3.98. The summed E-state index contributed by atoms with van der Waals surface area (Å²) in [5.41, 5.74) is 0.976. The van der Waals surface area contributed by atoms with Crippen LogP contribution in [0.2, 0.25) is 0 Å². The first-order chi connectivity index (χ1) is 7.68. The van der Waals surface area contributed by atoms with Gasteiger partial charge >= 0.3 is 0 Å². The van der Waals surface area contributed by atoms with Crippen LogP contribution >= 0.6 is 0 Å². The van der Waals surface area contributed by atoms with Crippen molar-refractivity contribution in [2.45, 2.75) is 13.0 Å². The third-order valence-electron chi connectivity index (χ3n) is 2.90. The number of piperazine rings is 1. The van der Waals surface area contributed by atoms with E-state index >= 15 is 0 Å². The highest BCUT2D eigenvalue weighted by molar-refractivity contribution is 5.74. The van der Waals surface area contributed by atoms with Crippen molar-refractivity contribution in [2.75, 3.05) is 19.6 Å². The van der Waals surface area contributed by atoms with Crippen molar-refractivity contribution in [3.8, 4) is 0 Å². The maximum Gasteiger partial charge on any atom is 0.220 e. The van der Waals surface area contributed by atoms with Gasteiger partial charge in [-0.2, -0.15) is 0 Å². The molecule has 1 heterocycles. The molecule has 1 amide bonds. The van der Waals surface area contributed by atoms with Gasteiger partial charge in [-0.15, -0.1) is 0 Å². The monoisotopic (exact) mass is 222 g/mol. The number of halogens is 1. The number of nitrogens with one attached hydrogen (secondary N) is 1. The smallest absolute Gasteiger partial charge is 0.220 e. The lowest BCUT2D eigenvalue weighted by atomic mass is 10.0. The van der Waals surface area contributed by atoms with E-state index in [-0.39, 0.29) is 17.8 Å². The third kappa shape index (κ3) is 2.22. The molecule has 0 aliphatic carbocycles. The van der Waals surface area contributed by atoms with Crippen molar-refractivity contribution >= 4 is 5.91 Å². The molecule has 1 fully saturated rings. The van der Waals surface area contributed by atoms with Crippen molar-refractivity contribution in [1.82, 2.24) is 10.2 Å². The maximum atomic E-state index is 12.8. The molecule has 1 unspecified atom stereocenters. The quantitative estimate of drug-likeness (QED) is 0.777. The lowest BCUT2D eigenvalue weighted by Gasteiger charge is -2.35. The van der Waals surface area contributed by atoms with E-state index in [1.807, 2.05) is 4.90 Å². The molecule has 0 bridgehead atoms. The highest BCUT2D eigenvalue weighted by Crippen LogP contribution is 2.22. The van der Waals surface area contributed by atoms with Crippen LogP contribution in [0.1, 0.15) is 18.5 Å². The van der Waals surface area contributed by atoms with Crippen LogP contribution < -0.4 is 5.32 Å². The summed E-state index contributed by atoms with van der Waals surface area (Å²) >= 11 is 0. The van der Waals surface area contributed by atoms with Crippen molar-refractivity contribution in [3.05, 3.63) is 35.6 Å². The maximum absolute atomic E-state index is 12.8.